The van der Waals surface area contributed by atoms with E-state index in [4.69, 9.17) is 4.74 Å². The normalized spacial score (nSPS) is 17.6. The van der Waals surface area contributed by atoms with Crippen molar-refractivity contribution in [1.29, 1.82) is 0 Å². The number of carbonyl (C=O) groups is 2. The molecule has 1 amide bonds. The summed E-state index contributed by atoms with van der Waals surface area (Å²) in [6, 6.07) is 15.3. The molecule has 3 rings (SSSR count). The molecule has 24 heavy (non-hydrogen) atoms. The summed E-state index contributed by atoms with van der Waals surface area (Å²) in [5, 5.41) is 0. The Bertz CT molecular complexity index is 715. The zero-order chi connectivity index (χ0) is 16.9. The Balaban J connectivity index is 1.55. The molecule has 4 nitrogen and oxygen atoms in total. The average molecular weight is 327 g/mol. The molecule has 1 heterocycles. The standard InChI is InChI=1S/C19H18FNO3/c20-16-8-6-15(7-9-16)17-10-11-21(12-18(17)22)19(23)24-13-14-4-2-1-3-5-14/h1-9,17H,10-13H2. The monoisotopic (exact) mass is 327 g/mol. The highest BCUT2D eigenvalue weighted by molar-refractivity contribution is 5.90. The summed E-state index contributed by atoms with van der Waals surface area (Å²) in [6.45, 7) is 0.656. The first-order chi connectivity index (χ1) is 11.6. The van der Waals surface area contributed by atoms with Gasteiger partial charge in [-0.1, -0.05) is 42.5 Å². The van der Waals surface area contributed by atoms with E-state index in [1.807, 2.05) is 30.3 Å². The van der Waals surface area contributed by atoms with Gasteiger partial charge in [0.2, 0.25) is 0 Å². The first-order valence-corrected chi connectivity index (χ1v) is 7.87. The smallest absolute Gasteiger partial charge is 0.410 e. The number of ether oxygens (including phenoxy) is 1. The summed E-state index contributed by atoms with van der Waals surface area (Å²) >= 11 is 0. The molecule has 1 aliphatic rings. The fraction of sp³-hybridized carbons (Fsp3) is 0.263. The van der Waals surface area contributed by atoms with E-state index < -0.39 is 6.09 Å². The fourth-order valence-corrected chi connectivity index (χ4v) is 2.84. The van der Waals surface area contributed by atoms with Crippen LogP contribution < -0.4 is 0 Å². The Morgan fingerprint density at radius 1 is 1.12 bits per heavy atom. The highest BCUT2D eigenvalue weighted by atomic mass is 19.1. The Morgan fingerprint density at radius 3 is 2.50 bits per heavy atom. The van der Waals surface area contributed by atoms with Gasteiger partial charge in [0.1, 0.15) is 12.4 Å². The number of hydrogen-bond acceptors (Lipinski definition) is 3. The third-order valence-corrected chi connectivity index (χ3v) is 4.16. The molecule has 0 aliphatic carbocycles. The summed E-state index contributed by atoms with van der Waals surface area (Å²) in [5.74, 6) is -0.665. The number of rotatable bonds is 3. The van der Waals surface area contributed by atoms with Crippen molar-refractivity contribution >= 4 is 11.9 Å². The fourth-order valence-electron chi connectivity index (χ4n) is 2.84. The largest absolute Gasteiger partial charge is 0.445 e. The van der Waals surface area contributed by atoms with Gasteiger partial charge in [-0.3, -0.25) is 4.79 Å². The van der Waals surface area contributed by atoms with Crippen LogP contribution in [0.25, 0.3) is 0 Å². The van der Waals surface area contributed by atoms with Gasteiger partial charge >= 0.3 is 6.09 Å². The maximum absolute atomic E-state index is 13.0. The number of piperidine rings is 1. The van der Waals surface area contributed by atoms with E-state index in [-0.39, 0.29) is 30.7 Å². The molecule has 2 aromatic carbocycles. The first-order valence-electron chi connectivity index (χ1n) is 7.87. The van der Waals surface area contributed by atoms with Crippen molar-refractivity contribution in [3.8, 4) is 0 Å². The summed E-state index contributed by atoms with van der Waals surface area (Å²) in [7, 11) is 0. The van der Waals surface area contributed by atoms with Crippen LogP contribution in [0.15, 0.2) is 54.6 Å². The van der Waals surface area contributed by atoms with Crippen LogP contribution in [0.2, 0.25) is 0 Å². The molecule has 1 saturated heterocycles. The third-order valence-electron chi connectivity index (χ3n) is 4.16. The van der Waals surface area contributed by atoms with Crippen molar-refractivity contribution in [1.82, 2.24) is 4.90 Å². The van der Waals surface area contributed by atoms with Gasteiger partial charge < -0.3 is 9.64 Å². The third kappa shape index (κ3) is 3.79. The minimum atomic E-state index is -0.482. The van der Waals surface area contributed by atoms with Crippen LogP contribution in [0.3, 0.4) is 0 Å². The number of Topliss-reactive ketones (excluding diaryl/α,β-unsaturated/α-hetero) is 1. The molecule has 1 unspecified atom stereocenters. The number of amides is 1. The van der Waals surface area contributed by atoms with E-state index in [0.29, 0.717) is 13.0 Å². The lowest BCUT2D eigenvalue weighted by atomic mass is 9.88. The van der Waals surface area contributed by atoms with E-state index in [2.05, 4.69) is 0 Å². The second-order valence-electron chi connectivity index (χ2n) is 5.82. The van der Waals surface area contributed by atoms with Gasteiger partial charge in [0.05, 0.1) is 6.54 Å². The summed E-state index contributed by atoms with van der Waals surface area (Å²) in [4.78, 5) is 25.9. The number of likely N-dealkylation sites (tertiary alicyclic amines) is 1. The number of hydrogen-bond donors (Lipinski definition) is 0. The molecule has 2 aromatic rings. The van der Waals surface area contributed by atoms with E-state index >= 15 is 0 Å². The molecule has 0 aromatic heterocycles. The first kappa shape index (κ1) is 16.2. The van der Waals surface area contributed by atoms with Gasteiger partial charge in [-0.05, 0) is 29.7 Å². The number of ketones is 1. The van der Waals surface area contributed by atoms with Gasteiger partial charge in [-0.2, -0.15) is 0 Å². The lowest BCUT2D eigenvalue weighted by Gasteiger charge is -2.30. The van der Waals surface area contributed by atoms with E-state index in [1.54, 1.807) is 12.1 Å². The summed E-state index contributed by atoms with van der Waals surface area (Å²) < 4.78 is 18.2. The number of carbonyl (C=O) groups excluding carboxylic acids is 2. The Labute approximate surface area is 139 Å². The lowest BCUT2D eigenvalue weighted by Crippen LogP contribution is -2.43. The van der Waals surface area contributed by atoms with E-state index in [9.17, 15) is 14.0 Å². The van der Waals surface area contributed by atoms with Gasteiger partial charge in [0.15, 0.2) is 5.78 Å². The van der Waals surface area contributed by atoms with Crippen molar-refractivity contribution in [2.45, 2.75) is 18.9 Å². The number of benzene rings is 2. The molecular formula is C19H18FNO3. The van der Waals surface area contributed by atoms with Gasteiger partial charge in [0.25, 0.3) is 0 Å². The van der Waals surface area contributed by atoms with Crippen molar-refractivity contribution in [2.75, 3.05) is 13.1 Å². The molecule has 0 radical (unpaired) electrons. The Morgan fingerprint density at radius 2 is 1.83 bits per heavy atom. The van der Waals surface area contributed by atoms with Crippen molar-refractivity contribution in [3.63, 3.8) is 0 Å². The second-order valence-corrected chi connectivity index (χ2v) is 5.82. The topological polar surface area (TPSA) is 46.6 Å². The molecular weight excluding hydrogens is 309 g/mol. The predicted octanol–water partition coefficient (Wildman–Crippen LogP) is 3.52. The molecule has 5 heteroatoms. The average Bonchev–Trinajstić information content (AvgIpc) is 2.61. The second kappa shape index (κ2) is 7.25. The minimum absolute atomic E-state index is 0.0235. The van der Waals surface area contributed by atoms with Gasteiger partial charge in [-0.25, -0.2) is 9.18 Å². The Kier molecular flexibility index (Phi) is 4.89. The number of nitrogens with zero attached hydrogens (tertiary/aromatic N) is 1. The number of halogens is 1. The van der Waals surface area contributed by atoms with Crippen LogP contribution in [0.5, 0.6) is 0 Å². The SMILES string of the molecule is O=C1CN(C(=O)OCc2ccccc2)CCC1c1ccc(F)cc1. The maximum Gasteiger partial charge on any atom is 0.410 e. The minimum Gasteiger partial charge on any atom is -0.445 e. The highest BCUT2D eigenvalue weighted by Gasteiger charge is 2.31. The van der Waals surface area contributed by atoms with Crippen LogP contribution in [0.4, 0.5) is 9.18 Å². The molecule has 0 spiro atoms. The molecule has 0 saturated carbocycles. The van der Waals surface area contributed by atoms with Crippen LogP contribution in [-0.2, 0) is 16.1 Å². The molecule has 124 valence electrons. The molecule has 1 aliphatic heterocycles. The summed E-state index contributed by atoms with van der Waals surface area (Å²) in [6.07, 6.45) is 0.0370. The van der Waals surface area contributed by atoms with Crippen molar-refractivity contribution < 1.29 is 18.7 Å². The quantitative estimate of drug-likeness (QED) is 0.866. The predicted molar refractivity (Wildman–Crippen MR) is 87.0 cm³/mol. The zero-order valence-corrected chi connectivity index (χ0v) is 13.2. The molecule has 1 atom stereocenters. The van der Waals surface area contributed by atoms with Gasteiger partial charge in [-0.15, -0.1) is 0 Å². The summed E-state index contributed by atoms with van der Waals surface area (Å²) in [5.41, 5.74) is 1.69. The van der Waals surface area contributed by atoms with Crippen LogP contribution in [-0.4, -0.2) is 29.9 Å². The molecule has 0 N–H and O–H groups in total. The van der Waals surface area contributed by atoms with Crippen LogP contribution in [0, 0.1) is 5.82 Å². The maximum atomic E-state index is 13.0. The lowest BCUT2D eigenvalue weighted by molar-refractivity contribution is -0.123. The molecule has 1 fully saturated rings. The van der Waals surface area contributed by atoms with Crippen molar-refractivity contribution in [2.24, 2.45) is 0 Å². The van der Waals surface area contributed by atoms with Crippen LogP contribution in [0.1, 0.15) is 23.5 Å². The van der Waals surface area contributed by atoms with Gasteiger partial charge in [0, 0.05) is 12.5 Å². The Hall–Kier alpha value is -2.69. The van der Waals surface area contributed by atoms with E-state index in [1.165, 1.54) is 17.0 Å². The van der Waals surface area contributed by atoms with Crippen LogP contribution >= 0.6 is 0 Å². The molecule has 0 bridgehead atoms. The highest BCUT2D eigenvalue weighted by Crippen LogP contribution is 2.26. The van der Waals surface area contributed by atoms with E-state index in [0.717, 1.165) is 11.1 Å². The zero-order valence-electron chi connectivity index (χ0n) is 13.2. The van der Waals surface area contributed by atoms with Crippen molar-refractivity contribution in [3.05, 3.63) is 71.5 Å².